The monoisotopic (exact) mass is 288 g/mol. The Kier molecular flexibility index (Phi) is 5.08. The van der Waals surface area contributed by atoms with Gasteiger partial charge in [0, 0.05) is 5.56 Å². The highest BCUT2D eigenvalue weighted by molar-refractivity contribution is 6.21. The molecular formula is C18H21ClO. The Morgan fingerprint density at radius 2 is 1.80 bits per heavy atom. The Morgan fingerprint density at radius 3 is 2.50 bits per heavy atom. The van der Waals surface area contributed by atoms with E-state index in [-0.39, 0.29) is 5.38 Å². The van der Waals surface area contributed by atoms with Crippen molar-refractivity contribution in [1.82, 2.24) is 0 Å². The number of halogens is 1. The second-order valence-corrected chi connectivity index (χ2v) is 5.66. The lowest BCUT2D eigenvalue weighted by molar-refractivity contribution is 0.336. The maximum absolute atomic E-state index is 6.63. The van der Waals surface area contributed by atoms with Crippen LogP contribution in [0.2, 0.25) is 0 Å². The smallest absolute Gasteiger partial charge is 0.123 e. The zero-order valence-corrected chi connectivity index (χ0v) is 13.1. The van der Waals surface area contributed by atoms with E-state index in [1.54, 1.807) is 0 Å². The van der Waals surface area contributed by atoms with Gasteiger partial charge < -0.3 is 4.74 Å². The molecule has 0 saturated heterocycles. The Labute approximate surface area is 126 Å². The molecule has 106 valence electrons. The first kappa shape index (κ1) is 14.9. The summed E-state index contributed by atoms with van der Waals surface area (Å²) >= 11 is 6.63. The molecule has 0 bridgehead atoms. The molecule has 1 nitrogen and oxygen atoms in total. The number of rotatable bonds is 5. The molecule has 0 heterocycles. The van der Waals surface area contributed by atoms with Crippen LogP contribution in [0, 0.1) is 13.8 Å². The van der Waals surface area contributed by atoms with E-state index in [0.717, 1.165) is 17.7 Å². The number of aryl methyl sites for hydroxylation is 2. The van der Waals surface area contributed by atoms with Gasteiger partial charge in [-0.15, -0.1) is 11.6 Å². The quantitative estimate of drug-likeness (QED) is 0.685. The van der Waals surface area contributed by atoms with Crippen LogP contribution in [-0.4, -0.2) is 6.61 Å². The zero-order chi connectivity index (χ0) is 14.5. The summed E-state index contributed by atoms with van der Waals surface area (Å²) in [4.78, 5) is 0. The van der Waals surface area contributed by atoms with Gasteiger partial charge in [0.1, 0.15) is 5.75 Å². The second-order valence-electron chi connectivity index (χ2n) is 5.14. The number of hydrogen-bond donors (Lipinski definition) is 0. The van der Waals surface area contributed by atoms with Crippen molar-refractivity contribution in [3.8, 4) is 5.75 Å². The highest BCUT2D eigenvalue weighted by Gasteiger charge is 2.15. The van der Waals surface area contributed by atoms with Crippen LogP contribution >= 0.6 is 11.6 Å². The number of hydrogen-bond acceptors (Lipinski definition) is 1. The van der Waals surface area contributed by atoms with E-state index in [1.165, 1.54) is 16.7 Å². The van der Waals surface area contributed by atoms with Crippen LogP contribution in [0.25, 0.3) is 0 Å². The summed E-state index contributed by atoms with van der Waals surface area (Å²) in [5.74, 6) is 0.894. The molecule has 0 aliphatic rings. The molecule has 2 rings (SSSR count). The molecule has 0 fully saturated rings. The highest BCUT2D eigenvalue weighted by atomic mass is 35.5. The van der Waals surface area contributed by atoms with Crippen molar-refractivity contribution in [3.63, 3.8) is 0 Å². The van der Waals surface area contributed by atoms with E-state index < -0.39 is 0 Å². The van der Waals surface area contributed by atoms with Crippen molar-refractivity contribution in [2.24, 2.45) is 0 Å². The summed E-state index contributed by atoms with van der Waals surface area (Å²) in [5, 5.41) is -0.0711. The summed E-state index contributed by atoms with van der Waals surface area (Å²) in [6.07, 6.45) is 0.812. The van der Waals surface area contributed by atoms with Crippen LogP contribution in [-0.2, 0) is 6.42 Å². The van der Waals surface area contributed by atoms with Crippen molar-refractivity contribution in [3.05, 3.63) is 64.7 Å². The molecule has 2 aromatic carbocycles. The summed E-state index contributed by atoms with van der Waals surface area (Å²) in [6, 6.07) is 14.7. The summed E-state index contributed by atoms with van der Waals surface area (Å²) < 4.78 is 5.69. The lowest BCUT2D eigenvalue weighted by atomic mass is 10.0. The lowest BCUT2D eigenvalue weighted by Gasteiger charge is -2.16. The second kappa shape index (κ2) is 6.81. The van der Waals surface area contributed by atoms with Crippen molar-refractivity contribution in [1.29, 1.82) is 0 Å². The van der Waals surface area contributed by atoms with Gasteiger partial charge in [-0.2, -0.15) is 0 Å². The predicted molar refractivity (Wildman–Crippen MR) is 85.8 cm³/mol. The molecule has 0 N–H and O–H groups in total. The SMILES string of the molecule is CCOc1ccc(C)cc1C(Cl)Cc1cccc(C)c1. The van der Waals surface area contributed by atoms with Crippen LogP contribution in [0.4, 0.5) is 0 Å². The fourth-order valence-electron chi connectivity index (χ4n) is 2.36. The molecule has 1 atom stereocenters. The molecule has 0 aromatic heterocycles. The van der Waals surface area contributed by atoms with Crippen molar-refractivity contribution < 1.29 is 4.74 Å². The van der Waals surface area contributed by atoms with Gasteiger partial charge in [-0.25, -0.2) is 0 Å². The minimum atomic E-state index is -0.0711. The van der Waals surface area contributed by atoms with Crippen LogP contribution < -0.4 is 4.74 Å². The molecular weight excluding hydrogens is 268 g/mol. The lowest BCUT2D eigenvalue weighted by Crippen LogP contribution is -2.02. The number of alkyl halides is 1. The summed E-state index contributed by atoms with van der Waals surface area (Å²) in [5.41, 5.74) is 4.81. The first-order valence-corrected chi connectivity index (χ1v) is 7.46. The first-order valence-electron chi connectivity index (χ1n) is 7.03. The van der Waals surface area contributed by atoms with Gasteiger partial charge in [0.15, 0.2) is 0 Å². The van der Waals surface area contributed by atoms with Crippen molar-refractivity contribution in [2.45, 2.75) is 32.6 Å². The summed E-state index contributed by atoms with van der Waals surface area (Å²) in [6.45, 7) is 6.83. The first-order chi connectivity index (χ1) is 9.60. The molecule has 2 aromatic rings. The van der Waals surface area contributed by atoms with E-state index in [4.69, 9.17) is 16.3 Å². The van der Waals surface area contributed by atoms with Gasteiger partial charge in [0.05, 0.1) is 12.0 Å². The van der Waals surface area contributed by atoms with Crippen LogP contribution in [0.3, 0.4) is 0 Å². The third kappa shape index (κ3) is 3.77. The minimum absolute atomic E-state index is 0.0711. The van der Waals surface area contributed by atoms with Crippen molar-refractivity contribution >= 4 is 11.6 Å². The van der Waals surface area contributed by atoms with Gasteiger partial charge in [-0.05, 0) is 38.8 Å². The van der Waals surface area contributed by atoms with Gasteiger partial charge in [0.25, 0.3) is 0 Å². The predicted octanol–water partition coefficient (Wildman–Crippen LogP) is 5.22. The maximum Gasteiger partial charge on any atom is 0.123 e. The average molecular weight is 289 g/mol. The third-order valence-corrected chi connectivity index (χ3v) is 3.69. The zero-order valence-electron chi connectivity index (χ0n) is 12.3. The molecule has 0 saturated carbocycles. The molecule has 0 aliphatic heterocycles. The Bertz CT molecular complexity index is 577. The molecule has 1 unspecified atom stereocenters. The van der Waals surface area contributed by atoms with E-state index in [1.807, 2.05) is 13.0 Å². The Balaban J connectivity index is 2.23. The molecule has 0 aliphatic carbocycles. The van der Waals surface area contributed by atoms with Gasteiger partial charge in [-0.3, -0.25) is 0 Å². The molecule has 0 radical (unpaired) electrons. The van der Waals surface area contributed by atoms with Gasteiger partial charge in [0.2, 0.25) is 0 Å². The Hall–Kier alpha value is -1.47. The normalized spacial score (nSPS) is 12.2. The van der Waals surface area contributed by atoms with Gasteiger partial charge in [-0.1, -0.05) is 47.5 Å². The standard InChI is InChI=1S/C18H21ClO/c1-4-20-18-9-8-14(3)11-16(18)17(19)12-15-7-5-6-13(2)10-15/h5-11,17H,4,12H2,1-3H3. The summed E-state index contributed by atoms with van der Waals surface area (Å²) in [7, 11) is 0. The maximum atomic E-state index is 6.63. The average Bonchev–Trinajstić information content (AvgIpc) is 2.41. The molecule has 0 spiro atoms. The fraction of sp³-hybridized carbons (Fsp3) is 0.333. The molecule has 2 heteroatoms. The number of benzene rings is 2. The topological polar surface area (TPSA) is 9.23 Å². The van der Waals surface area contributed by atoms with Crippen LogP contribution in [0.15, 0.2) is 42.5 Å². The number of ether oxygens (including phenoxy) is 1. The van der Waals surface area contributed by atoms with E-state index in [2.05, 4.69) is 50.2 Å². The fourth-order valence-corrected chi connectivity index (χ4v) is 2.70. The minimum Gasteiger partial charge on any atom is -0.494 e. The highest BCUT2D eigenvalue weighted by Crippen LogP contribution is 2.33. The third-order valence-electron chi connectivity index (χ3n) is 3.30. The van der Waals surface area contributed by atoms with E-state index in [9.17, 15) is 0 Å². The largest absolute Gasteiger partial charge is 0.494 e. The molecule has 20 heavy (non-hydrogen) atoms. The Morgan fingerprint density at radius 1 is 1.05 bits per heavy atom. The van der Waals surface area contributed by atoms with Crippen molar-refractivity contribution in [2.75, 3.05) is 6.61 Å². The molecule has 0 amide bonds. The van der Waals surface area contributed by atoms with E-state index >= 15 is 0 Å². The van der Waals surface area contributed by atoms with Crippen LogP contribution in [0.5, 0.6) is 5.75 Å². The van der Waals surface area contributed by atoms with E-state index in [0.29, 0.717) is 6.61 Å². The van der Waals surface area contributed by atoms with Gasteiger partial charge >= 0.3 is 0 Å². The van der Waals surface area contributed by atoms with Crippen LogP contribution in [0.1, 0.15) is 34.6 Å².